The third kappa shape index (κ3) is 6.67. The summed E-state index contributed by atoms with van der Waals surface area (Å²) in [4.78, 5) is 0. The molecule has 0 spiro atoms. The minimum atomic E-state index is -0.360. The summed E-state index contributed by atoms with van der Waals surface area (Å²) in [7, 11) is 3.14. The highest BCUT2D eigenvalue weighted by Gasteiger charge is 2.15. The van der Waals surface area contributed by atoms with Crippen molar-refractivity contribution >= 4 is 11.6 Å². The van der Waals surface area contributed by atoms with Gasteiger partial charge in [0.15, 0.2) is 25.1 Å². The molecular weight excluding hydrogens is 316 g/mol. The molecule has 0 saturated heterocycles. The summed E-state index contributed by atoms with van der Waals surface area (Å²) in [6.45, 7) is 1.56. The van der Waals surface area contributed by atoms with Crippen LogP contribution in [-0.2, 0) is 24.1 Å². The van der Waals surface area contributed by atoms with E-state index in [2.05, 4.69) is 0 Å². The Bertz CT molecular complexity index is 428. The predicted molar refractivity (Wildman–Crippen MR) is 78.2 cm³/mol. The molecule has 22 heavy (non-hydrogen) atoms. The molecular formula is C14H20ClO7. The van der Waals surface area contributed by atoms with Crippen LogP contribution in [-0.4, -0.2) is 54.2 Å². The number of rotatable bonds is 12. The van der Waals surface area contributed by atoms with E-state index in [9.17, 15) is 5.11 Å². The highest BCUT2D eigenvalue weighted by molar-refractivity contribution is 6.33. The topological polar surface area (TPSA) is 75.3 Å². The molecule has 0 aromatic heterocycles. The molecule has 0 N–H and O–H groups in total. The van der Waals surface area contributed by atoms with Crippen LogP contribution < -0.4 is 9.47 Å². The molecule has 0 saturated carbocycles. The lowest BCUT2D eigenvalue weighted by Gasteiger charge is -2.14. The van der Waals surface area contributed by atoms with Gasteiger partial charge in [-0.2, -0.15) is 0 Å². The van der Waals surface area contributed by atoms with Crippen LogP contribution in [0.2, 0.25) is 5.02 Å². The molecule has 0 amide bonds. The summed E-state index contributed by atoms with van der Waals surface area (Å²) in [5, 5.41) is 11.5. The van der Waals surface area contributed by atoms with Crippen LogP contribution in [0.1, 0.15) is 0 Å². The Labute approximate surface area is 134 Å². The standard InChI is InChI=1S/C14H20ClO7/c1-17-5-7-19-9-21-12-4-3-11(16)13(15)14(12)22-10-20-8-6-18-2/h3-4H,5-10H2,1-2H3. The normalized spacial score (nSPS) is 10.7. The zero-order valence-electron chi connectivity index (χ0n) is 12.6. The van der Waals surface area contributed by atoms with Crippen molar-refractivity contribution in [3.8, 4) is 17.2 Å². The van der Waals surface area contributed by atoms with Crippen molar-refractivity contribution in [3.63, 3.8) is 0 Å². The number of benzene rings is 1. The van der Waals surface area contributed by atoms with E-state index in [0.29, 0.717) is 32.2 Å². The summed E-state index contributed by atoms with van der Waals surface area (Å²) in [5.74, 6) is 0.0699. The fourth-order valence-electron chi connectivity index (χ4n) is 1.38. The van der Waals surface area contributed by atoms with Gasteiger partial charge < -0.3 is 28.4 Å². The Hall–Kier alpha value is -1.25. The number of methoxy groups -OCH3 is 2. The maximum Gasteiger partial charge on any atom is 0.201 e. The van der Waals surface area contributed by atoms with E-state index in [1.807, 2.05) is 0 Å². The van der Waals surface area contributed by atoms with Gasteiger partial charge in [0.2, 0.25) is 5.75 Å². The van der Waals surface area contributed by atoms with Gasteiger partial charge in [-0.1, -0.05) is 11.6 Å². The molecule has 0 atom stereocenters. The first-order valence-corrected chi connectivity index (χ1v) is 6.97. The van der Waals surface area contributed by atoms with E-state index < -0.39 is 0 Å². The number of halogens is 1. The predicted octanol–water partition coefficient (Wildman–Crippen LogP) is 2.48. The van der Waals surface area contributed by atoms with Crippen LogP contribution in [0, 0.1) is 0 Å². The average Bonchev–Trinajstić information content (AvgIpc) is 2.52. The lowest BCUT2D eigenvalue weighted by molar-refractivity contribution is -0.0208. The lowest BCUT2D eigenvalue weighted by atomic mass is 10.3. The number of ether oxygens (including phenoxy) is 6. The Kier molecular flexibility index (Phi) is 9.69. The van der Waals surface area contributed by atoms with Crippen molar-refractivity contribution in [3.05, 3.63) is 17.2 Å². The smallest absolute Gasteiger partial charge is 0.201 e. The fraction of sp³-hybridized carbons (Fsp3) is 0.571. The number of hydrogen-bond donors (Lipinski definition) is 0. The van der Waals surface area contributed by atoms with Gasteiger partial charge in [0.05, 0.1) is 26.4 Å². The lowest BCUT2D eigenvalue weighted by Crippen LogP contribution is -2.11. The first kappa shape index (κ1) is 18.8. The van der Waals surface area contributed by atoms with Gasteiger partial charge in [0.25, 0.3) is 0 Å². The molecule has 0 bridgehead atoms. The molecule has 0 aliphatic rings. The molecule has 0 heterocycles. The molecule has 7 nitrogen and oxygen atoms in total. The van der Waals surface area contributed by atoms with E-state index in [4.69, 9.17) is 40.0 Å². The number of hydrogen-bond acceptors (Lipinski definition) is 6. The zero-order valence-corrected chi connectivity index (χ0v) is 13.4. The Morgan fingerprint density at radius 1 is 0.909 bits per heavy atom. The summed E-state index contributed by atoms with van der Waals surface area (Å²) >= 11 is 5.94. The van der Waals surface area contributed by atoms with Crippen molar-refractivity contribution in [1.29, 1.82) is 0 Å². The van der Waals surface area contributed by atoms with Crippen LogP contribution in [0.4, 0.5) is 0 Å². The minimum absolute atomic E-state index is 0.0151. The third-order valence-electron chi connectivity index (χ3n) is 2.47. The van der Waals surface area contributed by atoms with Gasteiger partial charge in [-0.15, -0.1) is 0 Å². The van der Waals surface area contributed by atoms with Gasteiger partial charge in [-0.3, -0.25) is 5.11 Å². The largest absolute Gasteiger partial charge is 0.464 e. The summed E-state index contributed by atoms with van der Waals surface area (Å²) in [6.07, 6.45) is 0. The fourth-order valence-corrected chi connectivity index (χ4v) is 1.59. The van der Waals surface area contributed by atoms with Crippen LogP contribution in [0.15, 0.2) is 12.1 Å². The first-order valence-electron chi connectivity index (χ1n) is 6.59. The second kappa shape index (κ2) is 11.3. The van der Waals surface area contributed by atoms with Gasteiger partial charge in [0, 0.05) is 14.2 Å². The molecule has 1 rings (SSSR count). The summed E-state index contributed by atoms with van der Waals surface area (Å²) < 4.78 is 30.8. The molecule has 1 aromatic rings. The van der Waals surface area contributed by atoms with E-state index in [-0.39, 0.29) is 30.1 Å². The van der Waals surface area contributed by atoms with Gasteiger partial charge in [-0.25, -0.2) is 0 Å². The molecule has 8 heteroatoms. The summed E-state index contributed by atoms with van der Waals surface area (Å²) in [5.41, 5.74) is 0. The van der Waals surface area contributed by atoms with Crippen molar-refractivity contribution in [2.75, 3.05) is 54.2 Å². The van der Waals surface area contributed by atoms with Crippen LogP contribution in [0.3, 0.4) is 0 Å². The highest BCUT2D eigenvalue weighted by atomic mass is 35.5. The van der Waals surface area contributed by atoms with Crippen molar-refractivity contribution < 1.29 is 33.5 Å². The zero-order chi connectivity index (χ0) is 16.2. The Balaban J connectivity index is 2.53. The Morgan fingerprint density at radius 3 is 2.09 bits per heavy atom. The van der Waals surface area contributed by atoms with Crippen molar-refractivity contribution in [2.24, 2.45) is 0 Å². The molecule has 1 aromatic carbocycles. The van der Waals surface area contributed by atoms with Crippen molar-refractivity contribution in [2.45, 2.75) is 0 Å². The Morgan fingerprint density at radius 2 is 1.50 bits per heavy atom. The van der Waals surface area contributed by atoms with Gasteiger partial charge in [-0.05, 0) is 12.1 Å². The van der Waals surface area contributed by atoms with Crippen LogP contribution in [0.5, 0.6) is 17.2 Å². The molecule has 125 valence electrons. The molecule has 0 aliphatic carbocycles. The van der Waals surface area contributed by atoms with Crippen molar-refractivity contribution in [1.82, 2.24) is 0 Å². The second-order valence-electron chi connectivity index (χ2n) is 4.03. The van der Waals surface area contributed by atoms with E-state index >= 15 is 0 Å². The van der Waals surface area contributed by atoms with Crippen LogP contribution >= 0.6 is 11.6 Å². The van der Waals surface area contributed by atoms with Crippen LogP contribution in [0.25, 0.3) is 0 Å². The first-order chi connectivity index (χ1) is 10.7. The molecule has 0 unspecified atom stereocenters. The highest BCUT2D eigenvalue weighted by Crippen LogP contribution is 2.41. The molecule has 0 fully saturated rings. The molecule has 0 aliphatic heterocycles. The minimum Gasteiger partial charge on any atom is -0.464 e. The third-order valence-corrected chi connectivity index (χ3v) is 2.83. The second-order valence-corrected chi connectivity index (χ2v) is 4.41. The van der Waals surface area contributed by atoms with E-state index in [1.54, 1.807) is 14.2 Å². The maximum atomic E-state index is 11.6. The van der Waals surface area contributed by atoms with E-state index in [1.165, 1.54) is 12.1 Å². The molecule has 1 radical (unpaired) electrons. The summed E-state index contributed by atoms with van der Waals surface area (Å²) in [6, 6.07) is 2.77. The average molecular weight is 336 g/mol. The quantitative estimate of drug-likeness (QED) is 0.431. The SMILES string of the molecule is COCCOCOc1ccc([O])c(Cl)c1OCOCCOC. The van der Waals surface area contributed by atoms with E-state index in [0.717, 1.165) is 0 Å². The van der Waals surface area contributed by atoms with Gasteiger partial charge in [0.1, 0.15) is 5.02 Å². The maximum absolute atomic E-state index is 11.6. The van der Waals surface area contributed by atoms with Gasteiger partial charge >= 0.3 is 0 Å². The monoisotopic (exact) mass is 335 g/mol.